The number of likely N-dealkylation sites (tertiary alicyclic amines) is 1. The number of nitrogens with one attached hydrogen (secondary N) is 1. The quantitative estimate of drug-likeness (QED) is 0.110. The molecule has 0 unspecified atom stereocenters. The highest BCUT2D eigenvalue weighted by Gasteiger charge is 2.48. The highest BCUT2D eigenvalue weighted by atomic mass is 19.4. The molecule has 364 valence electrons. The number of nitriles is 1. The molecule has 0 aromatic carbocycles. The largest absolute Gasteiger partial charge is 0.490 e. The summed E-state index contributed by atoms with van der Waals surface area (Å²) in [5.74, 6) is -9.46. The molecule has 4 N–H and O–H groups in total. The fourth-order valence-electron chi connectivity index (χ4n) is 6.48. The minimum atomic E-state index is -5.08. The predicted molar refractivity (Wildman–Crippen MR) is 201 cm³/mol. The number of rotatable bonds is 11. The first-order chi connectivity index (χ1) is 30.5. The van der Waals surface area contributed by atoms with Crippen LogP contribution < -0.4 is 4.74 Å². The van der Waals surface area contributed by atoms with Crippen LogP contribution >= 0.6 is 0 Å². The summed E-state index contributed by atoms with van der Waals surface area (Å²) in [7, 11) is 1.87. The number of nitrogens with zero attached hydrogens (tertiary/aromatic N) is 9. The number of unbranched alkanes of at least 4 members (excludes halogenated alkanes) is 1. The monoisotopic (exact) mass is 964 g/mol. The summed E-state index contributed by atoms with van der Waals surface area (Å²) in [5, 5.41) is 36.6. The van der Waals surface area contributed by atoms with Gasteiger partial charge >= 0.3 is 42.6 Å². The highest BCUT2D eigenvalue weighted by Crippen LogP contribution is 2.39. The molecule has 0 radical (unpaired) electrons. The van der Waals surface area contributed by atoms with E-state index < -0.39 is 54.0 Å². The fourth-order valence-corrected chi connectivity index (χ4v) is 6.48. The lowest BCUT2D eigenvalue weighted by molar-refractivity contribution is -0.193. The first-order valence-corrected chi connectivity index (χ1v) is 19.2. The van der Waals surface area contributed by atoms with Gasteiger partial charge in [0.05, 0.1) is 30.1 Å². The number of aliphatic carboxylic acids is 3. The average Bonchev–Trinajstić information content (AvgIpc) is 3.89. The maximum Gasteiger partial charge on any atom is 0.490 e. The third-order valence-corrected chi connectivity index (χ3v) is 9.61. The number of H-pyrrole nitrogens is 1. The lowest BCUT2D eigenvalue weighted by Gasteiger charge is -2.53. The van der Waals surface area contributed by atoms with Crippen molar-refractivity contribution in [2.75, 3.05) is 26.7 Å². The lowest BCUT2D eigenvalue weighted by Crippen LogP contribution is -2.65. The summed E-state index contributed by atoms with van der Waals surface area (Å²) >= 11 is 0. The van der Waals surface area contributed by atoms with Crippen molar-refractivity contribution in [2.45, 2.75) is 101 Å². The number of hydrogen-bond donors (Lipinski definition) is 4. The Balaban J connectivity index is 0.000000457. The van der Waals surface area contributed by atoms with E-state index in [1.165, 1.54) is 12.4 Å². The average molecular weight is 965 g/mol. The van der Waals surface area contributed by atoms with E-state index in [1.807, 2.05) is 35.1 Å². The number of ether oxygens (including phenoxy) is 1. The van der Waals surface area contributed by atoms with Crippen LogP contribution in [0, 0.1) is 11.3 Å². The first kappa shape index (κ1) is 54.0. The van der Waals surface area contributed by atoms with Crippen LogP contribution in [0.25, 0.3) is 22.3 Å². The zero-order valence-electron chi connectivity index (χ0n) is 34.4. The molecule has 0 atom stereocenters. The molecule has 2 aliphatic rings. The molecule has 0 spiro atoms. The van der Waals surface area contributed by atoms with Gasteiger partial charge in [-0.15, -0.1) is 0 Å². The van der Waals surface area contributed by atoms with E-state index in [0.717, 1.165) is 54.5 Å². The minimum absolute atomic E-state index is 0.0215. The number of carbonyl (C=O) groups is 3. The second-order valence-corrected chi connectivity index (χ2v) is 14.7. The van der Waals surface area contributed by atoms with E-state index in [4.69, 9.17) is 34.4 Å². The maximum absolute atomic E-state index is 13.6. The van der Waals surface area contributed by atoms with Gasteiger partial charge in [0.2, 0.25) is 11.7 Å². The van der Waals surface area contributed by atoms with Crippen LogP contribution in [0.1, 0.15) is 63.4 Å². The summed E-state index contributed by atoms with van der Waals surface area (Å²) in [6.45, 7) is 4.52. The molecule has 1 saturated heterocycles. The van der Waals surface area contributed by atoms with E-state index in [-0.39, 0.29) is 12.0 Å². The van der Waals surface area contributed by atoms with E-state index >= 15 is 0 Å². The summed E-state index contributed by atoms with van der Waals surface area (Å²) in [5.41, 5.74) is 2.28. The van der Waals surface area contributed by atoms with Gasteiger partial charge in [-0.25, -0.2) is 29.3 Å². The van der Waals surface area contributed by atoms with Gasteiger partial charge in [0, 0.05) is 55.1 Å². The van der Waals surface area contributed by atoms with Crippen LogP contribution in [0.4, 0.5) is 52.7 Å². The minimum Gasteiger partial charge on any atom is -0.475 e. The van der Waals surface area contributed by atoms with Crippen LogP contribution in [0.3, 0.4) is 0 Å². The van der Waals surface area contributed by atoms with Gasteiger partial charge in [0.25, 0.3) is 0 Å². The van der Waals surface area contributed by atoms with E-state index in [2.05, 4.69) is 47.9 Å². The molecular weight excluding hydrogens is 924 g/mol. The van der Waals surface area contributed by atoms with Gasteiger partial charge in [-0.2, -0.15) is 68.0 Å². The summed E-state index contributed by atoms with van der Waals surface area (Å²) in [6.07, 6.45) is -7.66. The Morgan fingerprint density at radius 3 is 1.97 bits per heavy atom. The number of halogens is 12. The molecule has 17 nitrogen and oxygen atoms in total. The first-order valence-electron chi connectivity index (χ1n) is 19.2. The van der Waals surface area contributed by atoms with Crippen LogP contribution in [-0.4, -0.2) is 135 Å². The number of carboxylic acids is 3. The van der Waals surface area contributed by atoms with Crippen molar-refractivity contribution in [1.82, 2.24) is 44.5 Å². The molecule has 1 aliphatic carbocycles. The Bertz CT molecular complexity index is 2220. The molecule has 4 aromatic heterocycles. The van der Waals surface area contributed by atoms with Crippen molar-refractivity contribution in [2.24, 2.45) is 0 Å². The molecule has 5 heterocycles. The Hall–Kier alpha value is -6.31. The molecule has 0 bridgehead atoms. The van der Waals surface area contributed by atoms with Gasteiger partial charge in [0.1, 0.15) is 23.6 Å². The molecule has 29 heteroatoms. The van der Waals surface area contributed by atoms with Crippen molar-refractivity contribution >= 4 is 28.9 Å². The van der Waals surface area contributed by atoms with Crippen molar-refractivity contribution < 1.29 is 87.1 Å². The third kappa shape index (κ3) is 15.7. The molecule has 4 aromatic rings. The number of fused-ring (bicyclic) bond motifs is 1. The Morgan fingerprint density at radius 2 is 1.47 bits per heavy atom. The number of carboxylic acid groups (broad SMARTS) is 3. The topological polar surface area (TPSA) is 237 Å². The number of alkyl halides is 12. The standard InChI is InChI=1S/C31H37F3N10O.3C2HF3O2/c1-3-4-13-42(2)17-22-14-26(41-29(40-22)31(32,33)34)45-24-7-5-23(6-8-24)43-18-30(19-43,10-11-35)44-16-21(15-39-44)27-25-9-12-36-28(25)38-20-37-27;3*3-2(4,5)1(6)7/h9,12,14-16,20,23-24H,3-8,10,13,17-19H2,1-2H3,(H,36,37,38);3*(H,6,7). The molecule has 1 saturated carbocycles. The maximum atomic E-state index is 13.6. The van der Waals surface area contributed by atoms with Crippen LogP contribution in [0.2, 0.25) is 0 Å². The summed E-state index contributed by atoms with van der Waals surface area (Å²) < 4.78 is 144. The van der Waals surface area contributed by atoms with Crippen LogP contribution in [0.15, 0.2) is 37.1 Å². The van der Waals surface area contributed by atoms with Crippen molar-refractivity contribution in [1.29, 1.82) is 5.26 Å². The van der Waals surface area contributed by atoms with Gasteiger partial charge < -0.3 is 29.9 Å². The summed E-state index contributed by atoms with van der Waals surface area (Å²) in [4.78, 5) is 50.4. The Morgan fingerprint density at radius 1 is 0.909 bits per heavy atom. The van der Waals surface area contributed by atoms with E-state index in [9.17, 15) is 57.9 Å². The third-order valence-electron chi connectivity index (χ3n) is 9.61. The number of aromatic nitrogens is 7. The molecule has 66 heavy (non-hydrogen) atoms. The van der Waals surface area contributed by atoms with Crippen molar-refractivity contribution in [3.05, 3.63) is 48.6 Å². The second kappa shape index (κ2) is 22.3. The zero-order chi connectivity index (χ0) is 49.8. The number of aromatic amines is 1. The van der Waals surface area contributed by atoms with Gasteiger partial charge in [0.15, 0.2) is 0 Å². The summed E-state index contributed by atoms with van der Waals surface area (Å²) in [6, 6.07) is 6.12. The predicted octanol–water partition coefficient (Wildman–Crippen LogP) is 7.08. The van der Waals surface area contributed by atoms with Crippen LogP contribution in [-0.2, 0) is 32.6 Å². The molecular formula is C37H40F12N10O7. The van der Waals surface area contributed by atoms with Gasteiger partial charge in [-0.3, -0.25) is 9.58 Å². The van der Waals surface area contributed by atoms with E-state index in [0.29, 0.717) is 50.6 Å². The van der Waals surface area contributed by atoms with Crippen molar-refractivity contribution in [3.8, 4) is 23.2 Å². The zero-order valence-corrected chi connectivity index (χ0v) is 34.4. The number of hydrogen-bond acceptors (Lipinski definition) is 12. The van der Waals surface area contributed by atoms with Crippen LogP contribution in [0.5, 0.6) is 5.88 Å². The molecule has 1 aliphatic heterocycles. The molecule has 6 rings (SSSR count). The Labute approximate surface area is 365 Å². The molecule has 2 fully saturated rings. The van der Waals surface area contributed by atoms with E-state index in [1.54, 1.807) is 6.20 Å². The normalized spacial score (nSPS) is 17.4. The smallest absolute Gasteiger partial charge is 0.475 e. The lowest BCUT2D eigenvalue weighted by atomic mass is 9.82. The van der Waals surface area contributed by atoms with Crippen molar-refractivity contribution in [3.63, 3.8) is 0 Å². The van der Waals surface area contributed by atoms with Gasteiger partial charge in [-0.1, -0.05) is 13.3 Å². The SMILES string of the molecule is CCCCN(C)Cc1cc(OC2CCC(N3CC(CC#N)(n4cc(-c5ncnc6[nH]ccc56)cn4)C3)CC2)nc(C(F)(F)F)n1.O=C(O)C(F)(F)F.O=C(O)C(F)(F)F.O=C(O)C(F)(F)F. The fraction of sp³-hybridized carbons (Fsp3) is 0.541. The molecule has 0 amide bonds. The Kier molecular flexibility index (Phi) is 18.2. The highest BCUT2D eigenvalue weighted by molar-refractivity contribution is 5.90. The van der Waals surface area contributed by atoms with Gasteiger partial charge in [-0.05, 0) is 51.8 Å². The second-order valence-electron chi connectivity index (χ2n) is 14.7.